The van der Waals surface area contributed by atoms with Crippen molar-refractivity contribution in [2.24, 2.45) is 0 Å². The lowest BCUT2D eigenvalue weighted by atomic mass is 10.3. The van der Waals surface area contributed by atoms with Crippen molar-refractivity contribution in [3.63, 3.8) is 0 Å². The van der Waals surface area contributed by atoms with Gasteiger partial charge in [-0.3, -0.25) is 4.72 Å². The van der Waals surface area contributed by atoms with Gasteiger partial charge in [0.1, 0.15) is 22.2 Å². The average molecular weight is 402 g/mol. The summed E-state index contributed by atoms with van der Waals surface area (Å²) in [6.45, 7) is 1.77. The fourth-order valence-electron chi connectivity index (χ4n) is 2.10. The van der Waals surface area contributed by atoms with Crippen LogP contribution in [0.4, 0.5) is 14.5 Å². The molecule has 0 amide bonds. The highest BCUT2D eigenvalue weighted by Crippen LogP contribution is 2.28. The summed E-state index contributed by atoms with van der Waals surface area (Å²) in [5.41, 5.74) is 0.644. The van der Waals surface area contributed by atoms with E-state index in [2.05, 4.69) is 30.6 Å². The number of rotatable bonds is 3. The number of benzene rings is 1. The minimum atomic E-state index is -4.10. The Morgan fingerprint density at radius 2 is 1.96 bits per heavy atom. The van der Waals surface area contributed by atoms with E-state index >= 15 is 0 Å². The van der Waals surface area contributed by atoms with E-state index in [1.807, 2.05) is 0 Å². The summed E-state index contributed by atoms with van der Waals surface area (Å²) in [5, 5.41) is 0.362. The Morgan fingerprint density at radius 1 is 1.22 bits per heavy atom. The maximum absolute atomic E-state index is 13.8. The predicted molar refractivity (Wildman–Crippen MR) is 85.7 cm³/mol. The molecular formula is C14H10BrF2N3O2S. The van der Waals surface area contributed by atoms with Crippen LogP contribution in [0.2, 0.25) is 0 Å². The lowest BCUT2D eigenvalue weighted by Gasteiger charge is -2.09. The molecule has 5 nitrogen and oxygen atoms in total. The topological polar surface area (TPSA) is 74.8 Å². The summed E-state index contributed by atoms with van der Waals surface area (Å²) in [7, 11) is -4.10. The van der Waals surface area contributed by atoms with Gasteiger partial charge in [0, 0.05) is 23.3 Å². The number of aryl methyl sites for hydroxylation is 1. The summed E-state index contributed by atoms with van der Waals surface area (Å²) in [6.07, 6.45) is 1.26. The lowest BCUT2D eigenvalue weighted by molar-refractivity contribution is 0.592. The van der Waals surface area contributed by atoms with Crippen LogP contribution in [-0.2, 0) is 10.0 Å². The third-order valence-corrected chi connectivity index (χ3v) is 5.20. The van der Waals surface area contributed by atoms with E-state index in [0.717, 1.165) is 17.8 Å². The quantitative estimate of drug-likeness (QED) is 0.656. The number of hydrogen-bond donors (Lipinski definition) is 2. The van der Waals surface area contributed by atoms with Crippen molar-refractivity contribution < 1.29 is 17.2 Å². The van der Waals surface area contributed by atoms with Crippen LogP contribution in [0, 0.1) is 18.6 Å². The zero-order chi connectivity index (χ0) is 16.8. The Kier molecular flexibility index (Phi) is 3.85. The molecule has 23 heavy (non-hydrogen) atoms. The van der Waals surface area contributed by atoms with Gasteiger partial charge in [-0.1, -0.05) is 0 Å². The molecule has 0 spiro atoms. The molecule has 2 heterocycles. The first-order valence-corrected chi connectivity index (χ1v) is 8.67. The Morgan fingerprint density at radius 3 is 2.70 bits per heavy atom. The predicted octanol–water partition coefficient (Wildman–Crippen LogP) is 3.71. The second-order valence-electron chi connectivity index (χ2n) is 4.85. The molecule has 0 aliphatic carbocycles. The number of hydrogen-bond acceptors (Lipinski definition) is 3. The van der Waals surface area contributed by atoms with E-state index in [1.54, 1.807) is 19.1 Å². The van der Waals surface area contributed by atoms with Crippen molar-refractivity contribution in [1.82, 2.24) is 9.97 Å². The number of nitrogens with zero attached hydrogens (tertiary/aromatic N) is 1. The van der Waals surface area contributed by atoms with Crippen molar-refractivity contribution >= 4 is 42.7 Å². The van der Waals surface area contributed by atoms with E-state index < -0.39 is 27.3 Å². The molecule has 1 aromatic carbocycles. The normalized spacial score (nSPS) is 11.8. The Labute approximate surface area is 138 Å². The van der Waals surface area contributed by atoms with Gasteiger partial charge in [0.05, 0.1) is 10.2 Å². The van der Waals surface area contributed by atoms with Crippen molar-refractivity contribution in [1.29, 1.82) is 0 Å². The number of sulfonamides is 1. The SMILES string of the molecule is Cc1ccc2c(S(=O)(=O)Nc3cc(F)c(Br)cc3F)c[nH]c2n1. The van der Waals surface area contributed by atoms with E-state index in [4.69, 9.17) is 0 Å². The number of halogens is 3. The summed E-state index contributed by atoms with van der Waals surface area (Å²) < 4.78 is 54.2. The van der Waals surface area contributed by atoms with Gasteiger partial charge in [-0.05, 0) is 41.1 Å². The Bertz CT molecular complexity index is 1020. The largest absolute Gasteiger partial charge is 0.345 e. The zero-order valence-electron chi connectivity index (χ0n) is 11.7. The fourth-order valence-corrected chi connectivity index (χ4v) is 3.64. The zero-order valence-corrected chi connectivity index (χ0v) is 14.1. The molecule has 9 heteroatoms. The summed E-state index contributed by atoms with van der Waals surface area (Å²) >= 11 is 2.83. The summed E-state index contributed by atoms with van der Waals surface area (Å²) in [5.74, 6) is -1.67. The van der Waals surface area contributed by atoms with E-state index in [-0.39, 0.29) is 9.37 Å². The summed E-state index contributed by atoms with van der Waals surface area (Å²) in [4.78, 5) is 6.83. The molecule has 0 bridgehead atoms. The van der Waals surface area contributed by atoms with Gasteiger partial charge >= 0.3 is 0 Å². The highest BCUT2D eigenvalue weighted by molar-refractivity contribution is 9.10. The molecule has 0 atom stereocenters. The monoisotopic (exact) mass is 401 g/mol. The maximum atomic E-state index is 13.8. The van der Waals surface area contributed by atoms with Crippen LogP contribution in [-0.4, -0.2) is 18.4 Å². The number of H-pyrrole nitrogens is 1. The molecule has 3 rings (SSSR count). The van der Waals surface area contributed by atoms with Crippen LogP contribution >= 0.6 is 15.9 Å². The van der Waals surface area contributed by atoms with Crippen LogP contribution in [0.1, 0.15) is 5.69 Å². The number of anilines is 1. The smallest absolute Gasteiger partial charge is 0.264 e. The molecule has 3 aromatic rings. The molecule has 0 aliphatic rings. The van der Waals surface area contributed by atoms with E-state index in [1.165, 1.54) is 6.20 Å². The molecule has 0 fully saturated rings. The first-order valence-electron chi connectivity index (χ1n) is 6.40. The molecule has 0 radical (unpaired) electrons. The molecule has 0 saturated carbocycles. The van der Waals surface area contributed by atoms with Crippen molar-refractivity contribution in [3.8, 4) is 0 Å². The molecule has 120 valence electrons. The first kappa shape index (κ1) is 15.9. The second kappa shape index (κ2) is 5.57. The molecule has 2 N–H and O–H groups in total. The molecule has 2 aromatic heterocycles. The van der Waals surface area contributed by atoms with Crippen molar-refractivity contribution in [2.45, 2.75) is 11.8 Å². The van der Waals surface area contributed by atoms with Crippen LogP contribution in [0.5, 0.6) is 0 Å². The van der Waals surface area contributed by atoms with Gasteiger partial charge in [0.15, 0.2) is 0 Å². The van der Waals surface area contributed by atoms with Gasteiger partial charge in [-0.25, -0.2) is 22.2 Å². The highest BCUT2D eigenvalue weighted by atomic mass is 79.9. The third kappa shape index (κ3) is 2.93. The summed E-state index contributed by atoms with van der Waals surface area (Å²) in [6, 6.07) is 4.89. The second-order valence-corrected chi connectivity index (χ2v) is 7.36. The molecule has 0 unspecified atom stereocenters. The van der Waals surface area contributed by atoms with Crippen molar-refractivity contribution in [2.75, 3.05) is 4.72 Å². The number of fused-ring (bicyclic) bond motifs is 1. The number of aromatic nitrogens is 2. The van der Waals surface area contributed by atoms with Gasteiger partial charge in [-0.2, -0.15) is 0 Å². The molecule has 0 saturated heterocycles. The Balaban J connectivity index is 2.06. The standard InChI is InChI=1S/C14H10BrF2N3O2S/c1-7-2-3-8-13(6-18-14(8)19-7)23(21,22)20-12-5-10(16)9(15)4-11(12)17/h2-6,20H,1H3,(H,18,19). The molecular weight excluding hydrogens is 392 g/mol. The number of aromatic amines is 1. The lowest BCUT2D eigenvalue weighted by Crippen LogP contribution is -2.14. The molecule has 0 aliphatic heterocycles. The number of nitrogens with one attached hydrogen (secondary N) is 2. The van der Waals surface area contributed by atoms with E-state index in [9.17, 15) is 17.2 Å². The van der Waals surface area contributed by atoms with Crippen molar-refractivity contribution in [3.05, 3.63) is 52.3 Å². The maximum Gasteiger partial charge on any atom is 0.264 e. The van der Waals surface area contributed by atoms with Gasteiger partial charge < -0.3 is 4.98 Å². The van der Waals surface area contributed by atoms with Gasteiger partial charge in [0.2, 0.25) is 0 Å². The number of pyridine rings is 1. The van der Waals surface area contributed by atoms with Crippen LogP contribution < -0.4 is 4.72 Å². The third-order valence-electron chi connectivity index (χ3n) is 3.18. The van der Waals surface area contributed by atoms with E-state index in [0.29, 0.717) is 11.0 Å². The highest BCUT2D eigenvalue weighted by Gasteiger charge is 2.22. The van der Waals surface area contributed by atoms with Crippen LogP contribution in [0.3, 0.4) is 0 Å². The minimum absolute atomic E-state index is 0.0929. The Hall–Kier alpha value is -2.00. The fraction of sp³-hybridized carbons (Fsp3) is 0.0714. The average Bonchev–Trinajstić information content (AvgIpc) is 2.88. The first-order chi connectivity index (χ1) is 10.8. The van der Waals surface area contributed by atoms with Crippen LogP contribution in [0.15, 0.2) is 39.8 Å². The minimum Gasteiger partial charge on any atom is -0.345 e. The van der Waals surface area contributed by atoms with Gasteiger partial charge in [0.25, 0.3) is 10.0 Å². The van der Waals surface area contributed by atoms with Crippen LogP contribution in [0.25, 0.3) is 11.0 Å². The van der Waals surface area contributed by atoms with Gasteiger partial charge in [-0.15, -0.1) is 0 Å².